The molecule has 28 heavy (non-hydrogen) atoms. The van der Waals surface area contributed by atoms with Gasteiger partial charge in [-0.2, -0.15) is 4.31 Å². The zero-order valence-corrected chi connectivity index (χ0v) is 17.0. The Morgan fingerprint density at radius 3 is 2.54 bits per heavy atom. The van der Waals surface area contributed by atoms with E-state index in [9.17, 15) is 13.2 Å². The van der Waals surface area contributed by atoms with Crippen LogP contribution in [0.1, 0.15) is 30.4 Å². The van der Waals surface area contributed by atoms with Gasteiger partial charge in [-0.1, -0.05) is 35.9 Å². The monoisotopic (exact) mass is 398 g/mol. The number of para-hydroxylation sites is 1. The molecule has 0 N–H and O–H groups in total. The van der Waals surface area contributed by atoms with E-state index in [4.69, 9.17) is 0 Å². The molecular weight excluding hydrogens is 372 g/mol. The Hall–Kier alpha value is -2.18. The quantitative estimate of drug-likeness (QED) is 0.796. The fourth-order valence-electron chi connectivity index (χ4n) is 4.20. The Kier molecular flexibility index (Phi) is 5.25. The highest BCUT2D eigenvalue weighted by Crippen LogP contribution is 2.31. The van der Waals surface area contributed by atoms with Crippen molar-refractivity contribution in [2.24, 2.45) is 5.92 Å². The van der Waals surface area contributed by atoms with Crippen LogP contribution in [0, 0.1) is 12.8 Å². The fraction of sp³-hybridized carbons (Fsp3) is 0.409. The van der Waals surface area contributed by atoms with E-state index in [2.05, 4.69) is 6.07 Å². The highest BCUT2D eigenvalue weighted by molar-refractivity contribution is 7.89. The zero-order valence-electron chi connectivity index (χ0n) is 16.2. The Balaban J connectivity index is 1.54. The van der Waals surface area contributed by atoms with Gasteiger partial charge < -0.3 is 4.90 Å². The van der Waals surface area contributed by atoms with Gasteiger partial charge in [0.15, 0.2) is 0 Å². The summed E-state index contributed by atoms with van der Waals surface area (Å²) in [5, 5.41) is 0. The van der Waals surface area contributed by atoms with Crippen molar-refractivity contribution in [3.63, 3.8) is 0 Å². The van der Waals surface area contributed by atoms with Gasteiger partial charge in [-0.25, -0.2) is 8.42 Å². The summed E-state index contributed by atoms with van der Waals surface area (Å²) in [6.45, 7) is 3.36. The summed E-state index contributed by atoms with van der Waals surface area (Å²) in [7, 11) is -3.57. The number of benzene rings is 2. The first-order valence-electron chi connectivity index (χ1n) is 9.93. The van der Waals surface area contributed by atoms with E-state index in [-0.39, 0.29) is 18.4 Å². The second-order valence-electron chi connectivity index (χ2n) is 7.74. The summed E-state index contributed by atoms with van der Waals surface area (Å²) in [5.74, 6) is -0.240. The molecule has 1 fully saturated rings. The van der Waals surface area contributed by atoms with Crippen LogP contribution in [-0.2, 0) is 21.2 Å². The van der Waals surface area contributed by atoms with Crippen LogP contribution in [-0.4, -0.2) is 38.3 Å². The maximum atomic E-state index is 13.3. The maximum absolute atomic E-state index is 13.3. The highest BCUT2D eigenvalue weighted by atomic mass is 32.2. The molecule has 148 valence electrons. The number of hydrogen-bond acceptors (Lipinski definition) is 3. The Morgan fingerprint density at radius 2 is 1.75 bits per heavy atom. The summed E-state index contributed by atoms with van der Waals surface area (Å²) in [6, 6.07) is 14.9. The minimum atomic E-state index is -3.57. The molecule has 6 heteroatoms. The first kappa shape index (κ1) is 19.2. The van der Waals surface area contributed by atoms with Crippen molar-refractivity contribution in [3.8, 4) is 0 Å². The first-order valence-corrected chi connectivity index (χ1v) is 11.4. The summed E-state index contributed by atoms with van der Waals surface area (Å²) >= 11 is 0. The summed E-state index contributed by atoms with van der Waals surface area (Å²) < 4.78 is 27.6. The largest absolute Gasteiger partial charge is 0.312 e. The molecule has 1 atom stereocenters. The smallest absolute Gasteiger partial charge is 0.243 e. The molecule has 5 nitrogen and oxygen atoms in total. The SMILES string of the molecule is Cc1ccc(S(=O)(=O)N2CCC[C@@H](C(=O)N3CCCc4ccccc43)C2)cc1. The van der Waals surface area contributed by atoms with E-state index in [0.29, 0.717) is 24.4 Å². The standard InChI is InChI=1S/C22H26N2O3S/c1-17-10-12-20(13-11-17)28(26,27)23-14-4-8-19(16-23)22(25)24-15-5-7-18-6-2-3-9-21(18)24/h2-3,6,9-13,19H,4-5,7-8,14-16H2,1H3/t19-/m1/s1. The van der Waals surface area contributed by atoms with Crippen LogP contribution in [0.3, 0.4) is 0 Å². The molecule has 4 rings (SSSR count). The van der Waals surface area contributed by atoms with Crippen LogP contribution in [0.2, 0.25) is 0 Å². The number of aryl methyl sites for hydroxylation is 2. The number of rotatable bonds is 3. The molecule has 2 aromatic rings. The second-order valence-corrected chi connectivity index (χ2v) is 9.68. The Morgan fingerprint density at radius 1 is 1.00 bits per heavy atom. The van der Waals surface area contributed by atoms with Crippen molar-refractivity contribution in [3.05, 3.63) is 59.7 Å². The third-order valence-corrected chi connectivity index (χ3v) is 7.65. The molecule has 0 bridgehead atoms. The topological polar surface area (TPSA) is 57.7 Å². The van der Waals surface area contributed by atoms with Crippen molar-refractivity contribution in [1.29, 1.82) is 0 Å². The molecular formula is C22H26N2O3S. The number of piperidine rings is 1. The minimum Gasteiger partial charge on any atom is -0.312 e. The number of anilines is 1. The van der Waals surface area contributed by atoms with Gasteiger partial charge in [0, 0.05) is 25.3 Å². The van der Waals surface area contributed by atoms with Gasteiger partial charge in [-0.3, -0.25) is 4.79 Å². The van der Waals surface area contributed by atoms with Gasteiger partial charge in [0.2, 0.25) is 15.9 Å². The van der Waals surface area contributed by atoms with Gasteiger partial charge >= 0.3 is 0 Å². The van der Waals surface area contributed by atoms with Crippen LogP contribution < -0.4 is 4.90 Å². The van der Waals surface area contributed by atoms with E-state index in [0.717, 1.165) is 30.5 Å². The second kappa shape index (κ2) is 7.68. The predicted octanol–water partition coefficient (Wildman–Crippen LogP) is 3.38. The zero-order chi connectivity index (χ0) is 19.7. The number of hydrogen-bond donors (Lipinski definition) is 0. The Labute approximate surface area is 167 Å². The lowest BCUT2D eigenvalue weighted by Crippen LogP contribution is -2.48. The number of carbonyl (C=O) groups is 1. The van der Waals surface area contributed by atoms with Crippen molar-refractivity contribution in [2.75, 3.05) is 24.5 Å². The molecule has 1 saturated heterocycles. The molecule has 0 unspecified atom stereocenters. The van der Waals surface area contributed by atoms with Crippen molar-refractivity contribution >= 4 is 21.6 Å². The van der Waals surface area contributed by atoms with Gasteiger partial charge in [0.05, 0.1) is 10.8 Å². The molecule has 0 aromatic heterocycles. The van der Waals surface area contributed by atoms with Crippen molar-refractivity contribution in [1.82, 2.24) is 4.31 Å². The summed E-state index contributed by atoms with van der Waals surface area (Å²) in [4.78, 5) is 15.4. The maximum Gasteiger partial charge on any atom is 0.243 e. The van der Waals surface area contributed by atoms with Crippen LogP contribution >= 0.6 is 0 Å². The molecule has 0 spiro atoms. The van der Waals surface area contributed by atoms with E-state index in [1.165, 1.54) is 9.87 Å². The first-order chi connectivity index (χ1) is 13.5. The van der Waals surface area contributed by atoms with Gasteiger partial charge in [-0.05, 0) is 56.4 Å². The van der Waals surface area contributed by atoms with Crippen LogP contribution in [0.5, 0.6) is 0 Å². The summed E-state index contributed by atoms with van der Waals surface area (Å²) in [5.41, 5.74) is 3.20. The number of sulfonamides is 1. The average molecular weight is 399 g/mol. The lowest BCUT2D eigenvalue weighted by atomic mass is 9.95. The lowest BCUT2D eigenvalue weighted by molar-refractivity contribution is -0.123. The van der Waals surface area contributed by atoms with E-state index in [1.54, 1.807) is 12.1 Å². The molecule has 2 aromatic carbocycles. The van der Waals surface area contributed by atoms with Crippen LogP contribution in [0.25, 0.3) is 0 Å². The predicted molar refractivity (Wildman–Crippen MR) is 110 cm³/mol. The number of amides is 1. The van der Waals surface area contributed by atoms with Crippen molar-refractivity contribution < 1.29 is 13.2 Å². The van der Waals surface area contributed by atoms with Crippen molar-refractivity contribution in [2.45, 2.75) is 37.5 Å². The van der Waals surface area contributed by atoms with Gasteiger partial charge in [0.1, 0.15) is 0 Å². The molecule has 2 aliphatic rings. The molecule has 0 saturated carbocycles. The lowest BCUT2D eigenvalue weighted by Gasteiger charge is -2.36. The van der Waals surface area contributed by atoms with E-state index >= 15 is 0 Å². The molecule has 1 amide bonds. The van der Waals surface area contributed by atoms with E-state index in [1.807, 2.05) is 42.2 Å². The summed E-state index contributed by atoms with van der Waals surface area (Å²) in [6.07, 6.45) is 3.37. The average Bonchev–Trinajstić information content (AvgIpc) is 2.73. The molecule has 2 aliphatic heterocycles. The highest BCUT2D eigenvalue weighted by Gasteiger charge is 2.36. The van der Waals surface area contributed by atoms with Gasteiger partial charge in [0.25, 0.3) is 0 Å². The molecule has 0 radical (unpaired) electrons. The van der Waals surface area contributed by atoms with E-state index < -0.39 is 10.0 Å². The number of nitrogens with zero attached hydrogens (tertiary/aromatic N) is 2. The number of carbonyl (C=O) groups excluding carboxylic acids is 1. The minimum absolute atomic E-state index is 0.0518. The fourth-order valence-corrected chi connectivity index (χ4v) is 5.73. The third-order valence-electron chi connectivity index (χ3n) is 5.77. The van der Waals surface area contributed by atoms with Gasteiger partial charge in [-0.15, -0.1) is 0 Å². The molecule has 2 heterocycles. The third kappa shape index (κ3) is 3.59. The number of fused-ring (bicyclic) bond motifs is 1. The molecule has 0 aliphatic carbocycles. The Bertz CT molecular complexity index is 970. The van der Waals surface area contributed by atoms with Crippen LogP contribution in [0.4, 0.5) is 5.69 Å². The normalized spacial score (nSPS) is 20.6. The van der Waals surface area contributed by atoms with Crippen LogP contribution in [0.15, 0.2) is 53.4 Å².